The topological polar surface area (TPSA) is 50.7 Å². The number of aryl methyl sites for hydroxylation is 2. The van der Waals surface area contributed by atoms with E-state index in [1.807, 2.05) is 18.5 Å². The van der Waals surface area contributed by atoms with Gasteiger partial charge in [-0.2, -0.15) is 0 Å². The van der Waals surface area contributed by atoms with E-state index in [2.05, 4.69) is 24.1 Å². The largest absolute Gasteiger partial charge is 0.307 e. The molecule has 4 nitrogen and oxygen atoms in total. The number of fused-ring (bicyclic) bond motifs is 1. The molecule has 1 N–H and O–H groups in total. The molecule has 0 bridgehead atoms. The van der Waals surface area contributed by atoms with Crippen LogP contribution in [0, 0.1) is 0 Å². The summed E-state index contributed by atoms with van der Waals surface area (Å²) in [4.78, 5) is 13.7. The summed E-state index contributed by atoms with van der Waals surface area (Å²) in [5.74, 6) is 0.846. The minimum Gasteiger partial charge on any atom is -0.307 e. The van der Waals surface area contributed by atoms with Gasteiger partial charge in [-0.1, -0.05) is 13.8 Å². The lowest BCUT2D eigenvalue weighted by atomic mass is 10.1. The number of hydrogen-bond acceptors (Lipinski definition) is 4. The molecule has 4 heteroatoms. The molecule has 0 radical (unpaired) electrons. The van der Waals surface area contributed by atoms with Gasteiger partial charge in [-0.3, -0.25) is 4.98 Å². The summed E-state index contributed by atoms with van der Waals surface area (Å²) in [7, 11) is 0. The van der Waals surface area contributed by atoms with Gasteiger partial charge in [0.25, 0.3) is 0 Å². The first-order valence-corrected chi connectivity index (χ1v) is 6.86. The van der Waals surface area contributed by atoms with Crippen molar-refractivity contribution in [2.75, 3.05) is 0 Å². The quantitative estimate of drug-likeness (QED) is 0.913. The minimum absolute atomic E-state index is 0.846. The van der Waals surface area contributed by atoms with Crippen LogP contribution < -0.4 is 5.32 Å². The van der Waals surface area contributed by atoms with E-state index in [-0.39, 0.29) is 0 Å². The number of nitrogens with zero attached hydrogens (tertiary/aromatic N) is 3. The fraction of sp³-hybridized carbons (Fsp3) is 0.400. The molecular weight excluding hydrogens is 236 g/mol. The van der Waals surface area contributed by atoms with E-state index in [0.717, 1.165) is 43.0 Å². The first-order chi connectivity index (χ1) is 9.33. The van der Waals surface area contributed by atoms with Gasteiger partial charge in [0.15, 0.2) is 5.82 Å². The average Bonchev–Trinajstić information content (AvgIpc) is 2.94. The van der Waals surface area contributed by atoms with Crippen molar-refractivity contribution in [3.05, 3.63) is 41.0 Å². The number of pyridine rings is 1. The molecule has 0 unspecified atom stereocenters. The van der Waals surface area contributed by atoms with Crippen LogP contribution in [0.3, 0.4) is 0 Å². The highest BCUT2D eigenvalue weighted by Gasteiger charge is 2.19. The summed E-state index contributed by atoms with van der Waals surface area (Å²) in [6.07, 6.45) is 5.63. The molecule has 98 valence electrons. The van der Waals surface area contributed by atoms with Gasteiger partial charge in [-0.05, 0) is 24.5 Å². The molecule has 0 spiro atoms. The van der Waals surface area contributed by atoms with Crippen LogP contribution in [0.5, 0.6) is 0 Å². The maximum Gasteiger partial charge on any atom is 0.160 e. The van der Waals surface area contributed by atoms with Gasteiger partial charge in [-0.25, -0.2) is 9.97 Å². The summed E-state index contributed by atoms with van der Waals surface area (Å²) < 4.78 is 0. The Bertz CT molecular complexity index is 607. The summed E-state index contributed by atoms with van der Waals surface area (Å²) in [6.45, 7) is 6.04. The van der Waals surface area contributed by atoms with Crippen LogP contribution in [-0.2, 0) is 25.9 Å². The standard InChI is InChI=1S/C15H18N4/c1-3-10-7-16-6-5-11(10)15-18-13(4-2)12-8-17-9-14(12)19-15/h5-7,17H,3-4,8-9H2,1-2H3. The highest BCUT2D eigenvalue weighted by atomic mass is 15.0. The number of hydrogen-bond donors (Lipinski definition) is 1. The molecule has 1 aliphatic rings. The summed E-state index contributed by atoms with van der Waals surface area (Å²) in [5, 5.41) is 3.35. The van der Waals surface area contributed by atoms with Gasteiger partial charge in [0, 0.05) is 42.3 Å². The molecule has 0 aliphatic carbocycles. The molecule has 0 saturated heterocycles. The van der Waals surface area contributed by atoms with E-state index >= 15 is 0 Å². The van der Waals surface area contributed by atoms with Crippen molar-refractivity contribution in [3.8, 4) is 11.4 Å². The molecule has 3 rings (SSSR count). The zero-order valence-electron chi connectivity index (χ0n) is 11.4. The van der Waals surface area contributed by atoms with Crippen LogP contribution in [0.4, 0.5) is 0 Å². The Kier molecular flexibility index (Phi) is 3.25. The zero-order chi connectivity index (χ0) is 13.2. The number of aromatic nitrogens is 3. The van der Waals surface area contributed by atoms with Gasteiger partial charge >= 0.3 is 0 Å². The number of rotatable bonds is 3. The first-order valence-electron chi connectivity index (χ1n) is 6.86. The predicted molar refractivity (Wildman–Crippen MR) is 74.6 cm³/mol. The van der Waals surface area contributed by atoms with E-state index < -0.39 is 0 Å². The molecule has 0 atom stereocenters. The van der Waals surface area contributed by atoms with E-state index in [1.165, 1.54) is 16.8 Å². The second-order valence-corrected chi connectivity index (χ2v) is 4.76. The van der Waals surface area contributed by atoms with Gasteiger partial charge in [0.05, 0.1) is 5.69 Å². The molecule has 0 amide bonds. The van der Waals surface area contributed by atoms with Gasteiger partial charge in [-0.15, -0.1) is 0 Å². The van der Waals surface area contributed by atoms with Crippen LogP contribution in [-0.4, -0.2) is 15.0 Å². The lowest BCUT2D eigenvalue weighted by molar-refractivity contribution is 0.755. The third-order valence-electron chi connectivity index (χ3n) is 3.63. The predicted octanol–water partition coefficient (Wildman–Crippen LogP) is 2.27. The van der Waals surface area contributed by atoms with Crippen molar-refractivity contribution < 1.29 is 0 Å². The third kappa shape index (κ3) is 2.12. The first kappa shape index (κ1) is 12.2. The molecular formula is C15H18N4. The van der Waals surface area contributed by atoms with E-state index in [1.54, 1.807) is 0 Å². The summed E-state index contributed by atoms with van der Waals surface area (Å²) in [6, 6.07) is 2.02. The monoisotopic (exact) mass is 254 g/mol. The molecule has 1 aliphatic heterocycles. The Morgan fingerprint density at radius 1 is 1.16 bits per heavy atom. The van der Waals surface area contributed by atoms with Crippen molar-refractivity contribution in [2.24, 2.45) is 0 Å². The Labute approximate surface area is 113 Å². The van der Waals surface area contributed by atoms with E-state index in [4.69, 9.17) is 9.97 Å². The second kappa shape index (κ2) is 5.05. The van der Waals surface area contributed by atoms with Crippen LogP contribution in [0.2, 0.25) is 0 Å². The molecule has 0 fully saturated rings. The Morgan fingerprint density at radius 3 is 2.84 bits per heavy atom. The molecule has 2 aromatic rings. The summed E-state index contributed by atoms with van der Waals surface area (Å²) >= 11 is 0. The zero-order valence-corrected chi connectivity index (χ0v) is 11.4. The molecule has 19 heavy (non-hydrogen) atoms. The molecule has 2 aromatic heterocycles. The maximum atomic E-state index is 4.76. The highest BCUT2D eigenvalue weighted by Crippen LogP contribution is 2.24. The second-order valence-electron chi connectivity index (χ2n) is 4.76. The van der Waals surface area contributed by atoms with Gasteiger partial charge < -0.3 is 5.32 Å². The lowest BCUT2D eigenvalue weighted by Crippen LogP contribution is -2.04. The fourth-order valence-electron chi connectivity index (χ4n) is 2.58. The normalized spacial score (nSPS) is 13.6. The Hall–Kier alpha value is -1.81. The van der Waals surface area contributed by atoms with Crippen molar-refractivity contribution >= 4 is 0 Å². The summed E-state index contributed by atoms with van der Waals surface area (Å²) in [5.41, 5.74) is 5.93. The lowest BCUT2D eigenvalue weighted by Gasteiger charge is -2.10. The molecule has 0 aromatic carbocycles. The minimum atomic E-state index is 0.846. The smallest absolute Gasteiger partial charge is 0.160 e. The maximum absolute atomic E-state index is 4.76. The SMILES string of the molecule is CCc1cnccc1-c1nc(CC)c2c(n1)CNC2. The van der Waals surface area contributed by atoms with Crippen LogP contribution >= 0.6 is 0 Å². The van der Waals surface area contributed by atoms with Gasteiger partial charge in [0.2, 0.25) is 0 Å². The average molecular weight is 254 g/mol. The Balaban J connectivity index is 2.15. The molecule has 0 saturated carbocycles. The third-order valence-corrected chi connectivity index (χ3v) is 3.63. The Morgan fingerprint density at radius 2 is 2.05 bits per heavy atom. The van der Waals surface area contributed by atoms with Crippen molar-refractivity contribution in [1.29, 1.82) is 0 Å². The van der Waals surface area contributed by atoms with Crippen LogP contribution in [0.15, 0.2) is 18.5 Å². The van der Waals surface area contributed by atoms with E-state index in [9.17, 15) is 0 Å². The van der Waals surface area contributed by atoms with Crippen LogP contribution in [0.1, 0.15) is 36.4 Å². The fourth-order valence-corrected chi connectivity index (χ4v) is 2.58. The number of nitrogens with one attached hydrogen (secondary N) is 1. The van der Waals surface area contributed by atoms with Crippen molar-refractivity contribution in [2.45, 2.75) is 39.8 Å². The van der Waals surface area contributed by atoms with Crippen molar-refractivity contribution in [1.82, 2.24) is 20.3 Å². The molecule has 3 heterocycles. The van der Waals surface area contributed by atoms with Gasteiger partial charge in [0.1, 0.15) is 0 Å². The van der Waals surface area contributed by atoms with E-state index in [0.29, 0.717) is 0 Å². The highest BCUT2D eigenvalue weighted by molar-refractivity contribution is 5.60. The van der Waals surface area contributed by atoms with Crippen LogP contribution in [0.25, 0.3) is 11.4 Å². The van der Waals surface area contributed by atoms with Crippen molar-refractivity contribution in [3.63, 3.8) is 0 Å².